The van der Waals surface area contributed by atoms with Gasteiger partial charge in [-0.05, 0) is 31.9 Å². The number of rotatable bonds is 2. The van der Waals surface area contributed by atoms with Gasteiger partial charge in [-0.25, -0.2) is 4.98 Å². The first-order valence-corrected chi connectivity index (χ1v) is 6.73. The molecule has 0 bridgehead atoms. The van der Waals surface area contributed by atoms with E-state index in [1.54, 1.807) is 0 Å². The SMILES string of the molecule is Cc1ccccc1C(C)n1c(N)nc2c(C)nn(C)c21. The summed E-state index contributed by atoms with van der Waals surface area (Å²) in [5.41, 5.74) is 11.4. The minimum atomic E-state index is 0.121. The Kier molecular flexibility index (Phi) is 2.78. The predicted molar refractivity (Wildman–Crippen MR) is 80.6 cm³/mol. The van der Waals surface area contributed by atoms with Crippen molar-refractivity contribution in [3.05, 3.63) is 41.1 Å². The Bertz CT molecular complexity index is 781. The second kappa shape index (κ2) is 4.37. The Balaban J connectivity index is 2.24. The molecular weight excluding hydrogens is 250 g/mol. The van der Waals surface area contributed by atoms with Crippen molar-refractivity contribution in [3.63, 3.8) is 0 Å². The van der Waals surface area contributed by atoms with Crippen LogP contribution in [0.3, 0.4) is 0 Å². The summed E-state index contributed by atoms with van der Waals surface area (Å²) >= 11 is 0. The van der Waals surface area contributed by atoms with Gasteiger partial charge >= 0.3 is 0 Å². The molecule has 104 valence electrons. The molecule has 0 aliphatic rings. The van der Waals surface area contributed by atoms with Crippen molar-refractivity contribution in [1.29, 1.82) is 0 Å². The lowest BCUT2D eigenvalue weighted by Gasteiger charge is -2.18. The number of anilines is 1. The molecule has 1 atom stereocenters. The number of imidazole rings is 1. The second-order valence-corrected chi connectivity index (χ2v) is 5.25. The molecule has 0 saturated heterocycles. The molecule has 5 nitrogen and oxygen atoms in total. The van der Waals surface area contributed by atoms with Gasteiger partial charge in [0.25, 0.3) is 0 Å². The summed E-state index contributed by atoms with van der Waals surface area (Å²) in [5, 5.41) is 4.43. The summed E-state index contributed by atoms with van der Waals surface area (Å²) in [6.45, 7) is 6.21. The summed E-state index contributed by atoms with van der Waals surface area (Å²) in [5.74, 6) is 0.534. The van der Waals surface area contributed by atoms with Crippen molar-refractivity contribution >= 4 is 17.1 Å². The van der Waals surface area contributed by atoms with Crippen LogP contribution in [0.25, 0.3) is 11.2 Å². The average Bonchev–Trinajstić information content (AvgIpc) is 2.88. The zero-order chi connectivity index (χ0) is 14.4. The fraction of sp³-hybridized carbons (Fsp3) is 0.333. The van der Waals surface area contributed by atoms with Crippen LogP contribution in [0, 0.1) is 13.8 Å². The third kappa shape index (κ3) is 1.70. The number of fused-ring (bicyclic) bond motifs is 1. The van der Waals surface area contributed by atoms with Crippen molar-refractivity contribution < 1.29 is 0 Å². The van der Waals surface area contributed by atoms with Crippen LogP contribution >= 0.6 is 0 Å². The highest BCUT2D eigenvalue weighted by Gasteiger charge is 2.21. The van der Waals surface area contributed by atoms with Gasteiger partial charge < -0.3 is 5.73 Å². The maximum Gasteiger partial charge on any atom is 0.203 e. The fourth-order valence-corrected chi connectivity index (χ4v) is 2.89. The molecule has 2 N–H and O–H groups in total. The molecule has 1 aromatic carbocycles. The van der Waals surface area contributed by atoms with E-state index < -0.39 is 0 Å². The maximum atomic E-state index is 6.13. The van der Waals surface area contributed by atoms with Crippen molar-refractivity contribution in [2.75, 3.05) is 5.73 Å². The van der Waals surface area contributed by atoms with Crippen molar-refractivity contribution in [1.82, 2.24) is 19.3 Å². The highest BCUT2D eigenvalue weighted by molar-refractivity contribution is 5.78. The zero-order valence-electron chi connectivity index (χ0n) is 12.3. The molecule has 0 fully saturated rings. The number of nitrogen functional groups attached to an aromatic ring is 1. The third-order valence-electron chi connectivity index (χ3n) is 3.89. The van der Waals surface area contributed by atoms with E-state index in [4.69, 9.17) is 5.73 Å². The highest BCUT2D eigenvalue weighted by atomic mass is 15.4. The van der Waals surface area contributed by atoms with Crippen molar-refractivity contribution in [3.8, 4) is 0 Å². The summed E-state index contributed by atoms with van der Waals surface area (Å²) in [6, 6.07) is 8.47. The van der Waals surface area contributed by atoms with Gasteiger partial charge in [-0.2, -0.15) is 5.10 Å². The summed E-state index contributed by atoms with van der Waals surface area (Å²) in [7, 11) is 1.93. The minimum absolute atomic E-state index is 0.121. The molecule has 3 aromatic rings. The van der Waals surface area contributed by atoms with Crippen molar-refractivity contribution in [2.24, 2.45) is 7.05 Å². The largest absolute Gasteiger partial charge is 0.369 e. The topological polar surface area (TPSA) is 61.7 Å². The third-order valence-corrected chi connectivity index (χ3v) is 3.89. The smallest absolute Gasteiger partial charge is 0.203 e. The molecule has 2 heterocycles. The fourth-order valence-electron chi connectivity index (χ4n) is 2.89. The van der Waals surface area contributed by atoms with E-state index in [1.165, 1.54) is 11.1 Å². The summed E-state index contributed by atoms with van der Waals surface area (Å²) < 4.78 is 3.90. The molecule has 0 saturated carbocycles. The molecule has 0 aliphatic heterocycles. The first-order chi connectivity index (χ1) is 9.50. The van der Waals surface area contributed by atoms with Gasteiger partial charge in [0.05, 0.1) is 11.7 Å². The van der Waals surface area contributed by atoms with E-state index in [-0.39, 0.29) is 6.04 Å². The van der Waals surface area contributed by atoms with Crippen LogP contribution in [-0.4, -0.2) is 19.3 Å². The van der Waals surface area contributed by atoms with Gasteiger partial charge in [0, 0.05) is 7.05 Å². The van der Waals surface area contributed by atoms with Crippen LogP contribution in [0.4, 0.5) is 5.95 Å². The quantitative estimate of drug-likeness (QED) is 0.777. The number of hydrogen-bond acceptors (Lipinski definition) is 3. The first kappa shape index (κ1) is 12.7. The number of aromatic nitrogens is 4. The molecule has 2 aromatic heterocycles. The van der Waals surface area contributed by atoms with Crippen LogP contribution in [-0.2, 0) is 7.05 Å². The van der Waals surface area contributed by atoms with E-state index in [2.05, 4.69) is 46.7 Å². The molecule has 5 heteroatoms. The molecular formula is C15H19N5. The highest BCUT2D eigenvalue weighted by Crippen LogP contribution is 2.29. The van der Waals surface area contributed by atoms with Crippen LogP contribution in [0.1, 0.15) is 29.8 Å². The molecule has 0 spiro atoms. The van der Waals surface area contributed by atoms with Crippen LogP contribution in [0.2, 0.25) is 0 Å². The van der Waals surface area contributed by atoms with Gasteiger partial charge in [-0.1, -0.05) is 24.3 Å². The molecule has 0 amide bonds. The van der Waals surface area contributed by atoms with Crippen molar-refractivity contribution in [2.45, 2.75) is 26.8 Å². The van der Waals surface area contributed by atoms with E-state index in [9.17, 15) is 0 Å². The molecule has 20 heavy (non-hydrogen) atoms. The predicted octanol–water partition coefficient (Wildman–Crippen LogP) is 2.58. The second-order valence-electron chi connectivity index (χ2n) is 5.25. The Morgan fingerprint density at radius 2 is 1.90 bits per heavy atom. The van der Waals surface area contributed by atoms with E-state index in [0.29, 0.717) is 5.95 Å². The number of aryl methyl sites for hydroxylation is 3. The van der Waals surface area contributed by atoms with Crippen LogP contribution in [0.15, 0.2) is 24.3 Å². The molecule has 0 radical (unpaired) electrons. The summed E-state index contributed by atoms with van der Waals surface area (Å²) in [4.78, 5) is 4.47. The van der Waals surface area contributed by atoms with Gasteiger partial charge in [0.15, 0.2) is 5.65 Å². The lowest BCUT2D eigenvalue weighted by atomic mass is 10.0. The Morgan fingerprint density at radius 3 is 2.60 bits per heavy atom. The minimum Gasteiger partial charge on any atom is -0.369 e. The Hall–Kier alpha value is -2.30. The van der Waals surface area contributed by atoms with Gasteiger partial charge in [0.1, 0.15) is 5.52 Å². The van der Waals surface area contributed by atoms with Gasteiger partial charge in [-0.15, -0.1) is 0 Å². The lowest BCUT2D eigenvalue weighted by Crippen LogP contribution is -2.13. The van der Waals surface area contributed by atoms with E-state index in [0.717, 1.165) is 16.9 Å². The number of hydrogen-bond donors (Lipinski definition) is 1. The zero-order valence-corrected chi connectivity index (χ0v) is 12.3. The summed E-state index contributed by atoms with van der Waals surface area (Å²) in [6.07, 6.45) is 0. The normalized spacial score (nSPS) is 13.0. The Morgan fingerprint density at radius 1 is 1.20 bits per heavy atom. The molecule has 0 aliphatic carbocycles. The monoisotopic (exact) mass is 269 g/mol. The van der Waals surface area contributed by atoms with Gasteiger partial charge in [-0.3, -0.25) is 9.25 Å². The van der Waals surface area contributed by atoms with Crippen LogP contribution in [0.5, 0.6) is 0 Å². The Labute approximate surface area is 118 Å². The van der Waals surface area contributed by atoms with E-state index >= 15 is 0 Å². The van der Waals surface area contributed by atoms with E-state index in [1.807, 2.05) is 24.7 Å². The average molecular weight is 269 g/mol. The lowest BCUT2D eigenvalue weighted by molar-refractivity contribution is 0.633. The number of nitrogens with zero attached hydrogens (tertiary/aromatic N) is 4. The molecule has 3 rings (SSSR count). The van der Waals surface area contributed by atoms with Crippen LogP contribution < -0.4 is 5.73 Å². The maximum absolute atomic E-state index is 6.13. The number of benzene rings is 1. The van der Waals surface area contributed by atoms with Gasteiger partial charge in [0.2, 0.25) is 5.95 Å². The number of nitrogens with two attached hydrogens (primary N) is 1. The standard InChI is InChI=1S/C15H19N5/c1-9-7-5-6-8-12(9)11(3)20-14-13(17-15(20)16)10(2)18-19(14)4/h5-8,11H,1-4H3,(H2,16,17). The molecule has 1 unspecified atom stereocenters. The first-order valence-electron chi connectivity index (χ1n) is 6.73.